The van der Waals surface area contributed by atoms with Crippen LogP contribution in [0.25, 0.3) is 11.3 Å². The van der Waals surface area contributed by atoms with Gasteiger partial charge in [-0.25, -0.2) is 9.97 Å². The largest absolute Gasteiger partial charge is 0.493 e. The zero-order chi connectivity index (χ0) is 19.4. The van der Waals surface area contributed by atoms with Gasteiger partial charge in [-0.1, -0.05) is 6.07 Å². The van der Waals surface area contributed by atoms with Crippen LogP contribution >= 0.6 is 0 Å². The Hall–Kier alpha value is -3.41. The van der Waals surface area contributed by atoms with Gasteiger partial charge in [0.15, 0.2) is 0 Å². The van der Waals surface area contributed by atoms with Crippen molar-refractivity contribution in [3.05, 3.63) is 65.4 Å². The first-order valence-electron chi connectivity index (χ1n) is 8.71. The number of aryl methyl sites for hydroxylation is 2. The van der Waals surface area contributed by atoms with Crippen molar-refractivity contribution >= 4 is 17.5 Å². The second-order valence-electron chi connectivity index (χ2n) is 6.28. The number of amides is 1. The number of hydrogen-bond acceptors (Lipinski definition) is 5. The fourth-order valence-electron chi connectivity index (χ4n) is 2.92. The predicted molar refractivity (Wildman–Crippen MR) is 106 cm³/mol. The van der Waals surface area contributed by atoms with Crippen molar-refractivity contribution in [3.8, 4) is 17.0 Å². The maximum absolute atomic E-state index is 11.7. The van der Waals surface area contributed by atoms with Crippen molar-refractivity contribution in [1.82, 2.24) is 9.97 Å². The van der Waals surface area contributed by atoms with Gasteiger partial charge in [-0.2, -0.15) is 0 Å². The van der Waals surface area contributed by atoms with Crippen molar-refractivity contribution in [2.24, 2.45) is 5.73 Å². The van der Waals surface area contributed by atoms with Gasteiger partial charge in [0.25, 0.3) is 5.91 Å². The van der Waals surface area contributed by atoms with Crippen LogP contribution in [0.4, 0.5) is 11.6 Å². The molecule has 0 atom stereocenters. The molecule has 0 aliphatic rings. The Morgan fingerprint density at radius 2 is 1.85 bits per heavy atom. The number of rotatable bonds is 6. The van der Waals surface area contributed by atoms with Gasteiger partial charge in [-0.3, -0.25) is 4.79 Å². The molecule has 0 bridgehead atoms. The third kappa shape index (κ3) is 4.41. The number of nitrogens with zero attached hydrogens (tertiary/aromatic N) is 2. The topological polar surface area (TPSA) is 90.1 Å². The molecule has 0 fully saturated rings. The average molecular weight is 362 g/mol. The molecule has 0 unspecified atom stereocenters. The average Bonchev–Trinajstić information content (AvgIpc) is 2.61. The van der Waals surface area contributed by atoms with Crippen LogP contribution in [0.15, 0.2) is 48.7 Å². The van der Waals surface area contributed by atoms with E-state index in [0.29, 0.717) is 29.6 Å². The van der Waals surface area contributed by atoms with Crippen molar-refractivity contribution < 1.29 is 9.53 Å². The van der Waals surface area contributed by atoms with Crippen molar-refractivity contribution in [2.45, 2.75) is 20.8 Å². The zero-order valence-corrected chi connectivity index (χ0v) is 15.6. The second kappa shape index (κ2) is 7.86. The van der Waals surface area contributed by atoms with E-state index in [1.807, 2.05) is 39.0 Å². The Morgan fingerprint density at radius 1 is 1.11 bits per heavy atom. The van der Waals surface area contributed by atoms with Crippen LogP contribution in [0.3, 0.4) is 0 Å². The second-order valence-corrected chi connectivity index (χ2v) is 6.28. The third-order valence-electron chi connectivity index (χ3n) is 3.97. The molecule has 3 rings (SSSR count). The normalized spacial score (nSPS) is 10.5. The number of primary amides is 1. The van der Waals surface area contributed by atoms with Crippen LogP contribution in [-0.4, -0.2) is 22.5 Å². The molecule has 27 heavy (non-hydrogen) atoms. The van der Waals surface area contributed by atoms with Gasteiger partial charge in [0.2, 0.25) is 5.95 Å². The van der Waals surface area contributed by atoms with E-state index in [0.717, 1.165) is 22.4 Å². The first kappa shape index (κ1) is 18.4. The monoisotopic (exact) mass is 362 g/mol. The highest BCUT2D eigenvalue weighted by molar-refractivity contribution is 5.97. The summed E-state index contributed by atoms with van der Waals surface area (Å²) in [5, 5.41) is 3.23. The summed E-state index contributed by atoms with van der Waals surface area (Å²) in [4.78, 5) is 20.6. The summed E-state index contributed by atoms with van der Waals surface area (Å²) in [6, 6.07) is 13.2. The summed E-state index contributed by atoms with van der Waals surface area (Å²) in [6.07, 6.45) is 1.67. The molecule has 6 nitrogen and oxygen atoms in total. The molecule has 6 heteroatoms. The van der Waals surface area contributed by atoms with E-state index < -0.39 is 5.91 Å². The first-order valence-corrected chi connectivity index (χ1v) is 8.71. The number of carbonyl (C=O) groups excluding carboxylic acids is 1. The van der Waals surface area contributed by atoms with E-state index in [1.165, 1.54) is 0 Å². The quantitative estimate of drug-likeness (QED) is 0.692. The lowest BCUT2D eigenvalue weighted by Gasteiger charge is -2.11. The van der Waals surface area contributed by atoms with Crippen molar-refractivity contribution in [2.75, 3.05) is 11.9 Å². The number of hydrogen-bond donors (Lipinski definition) is 2. The van der Waals surface area contributed by atoms with E-state index in [1.54, 1.807) is 24.4 Å². The minimum Gasteiger partial charge on any atom is -0.493 e. The van der Waals surface area contributed by atoms with Gasteiger partial charge in [0.1, 0.15) is 5.75 Å². The number of carbonyl (C=O) groups is 1. The van der Waals surface area contributed by atoms with E-state index >= 15 is 0 Å². The number of nitrogens with two attached hydrogens (primary N) is 1. The first-order chi connectivity index (χ1) is 13.0. The van der Waals surface area contributed by atoms with Gasteiger partial charge in [-0.05, 0) is 68.3 Å². The highest BCUT2D eigenvalue weighted by Gasteiger charge is 2.12. The van der Waals surface area contributed by atoms with Crippen LogP contribution in [0, 0.1) is 13.8 Å². The summed E-state index contributed by atoms with van der Waals surface area (Å²) in [7, 11) is 0. The van der Waals surface area contributed by atoms with E-state index in [-0.39, 0.29) is 0 Å². The zero-order valence-electron chi connectivity index (χ0n) is 15.6. The summed E-state index contributed by atoms with van der Waals surface area (Å²) in [5.41, 5.74) is 10.5. The van der Waals surface area contributed by atoms with Gasteiger partial charge in [0, 0.05) is 17.4 Å². The number of aromatic nitrogens is 2. The number of anilines is 2. The summed E-state index contributed by atoms with van der Waals surface area (Å²) in [6.45, 7) is 6.40. The van der Waals surface area contributed by atoms with Gasteiger partial charge >= 0.3 is 0 Å². The maximum atomic E-state index is 11.7. The smallest absolute Gasteiger partial charge is 0.252 e. The molecule has 3 aromatic rings. The molecule has 3 N–H and O–H groups in total. The lowest BCUT2D eigenvalue weighted by molar-refractivity contribution is 0.0996. The Balaban J connectivity index is 1.93. The number of benzene rings is 2. The fraction of sp³-hybridized carbons (Fsp3) is 0.190. The third-order valence-corrected chi connectivity index (χ3v) is 3.97. The predicted octanol–water partition coefficient (Wildman–Crippen LogP) is 4.00. The van der Waals surface area contributed by atoms with E-state index in [2.05, 4.69) is 21.4 Å². The molecule has 1 heterocycles. The van der Waals surface area contributed by atoms with Crippen molar-refractivity contribution in [1.29, 1.82) is 0 Å². The molecule has 1 aromatic heterocycles. The maximum Gasteiger partial charge on any atom is 0.252 e. The minimum absolute atomic E-state index is 0.330. The Kier molecular flexibility index (Phi) is 5.35. The van der Waals surface area contributed by atoms with Crippen LogP contribution < -0.4 is 15.8 Å². The molecule has 1 amide bonds. The molecule has 2 aromatic carbocycles. The summed E-state index contributed by atoms with van der Waals surface area (Å²) < 4.78 is 5.47. The van der Waals surface area contributed by atoms with E-state index in [9.17, 15) is 4.79 Å². The van der Waals surface area contributed by atoms with E-state index in [4.69, 9.17) is 10.5 Å². The molecule has 0 spiro atoms. The lowest BCUT2D eigenvalue weighted by atomic mass is 10.1. The molecule has 0 radical (unpaired) electrons. The SMILES string of the molecule is CCOc1ccc(-c2ccnc(Nc3cc(C)cc(C)c3)n2)cc1C(N)=O. The molecule has 0 saturated carbocycles. The molecular weight excluding hydrogens is 340 g/mol. The van der Waals surface area contributed by atoms with Crippen LogP contribution in [0.1, 0.15) is 28.4 Å². The Labute approximate surface area is 158 Å². The lowest BCUT2D eigenvalue weighted by Crippen LogP contribution is -2.13. The Morgan fingerprint density at radius 3 is 2.52 bits per heavy atom. The Bertz CT molecular complexity index is 965. The molecule has 0 aliphatic heterocycles. The number of ether oxygens (including phenoxy) is 1. The van der Waals surface area contributed by atoms with Gasteiger partial charge < -0.3 is 15.8 Å². The fourth-order valence-corrected chi connectivity index (χ4v) is 2.92. The summed E-state index contributed by atoms with van der Waals surface area (Å²) in [5.74, 6) is 0.409. The molecule has 0 aliphatic carbocycles. The van der Waals surface area contributed by atoms with Crippen LogP contribution in [0.2, 0.25) is 0 Å². The molecule has 0 saturated heterocycles. The molecule has 138 valence electrons. The highest BCUT2D eigenvalue weighted by atomic mass is 16.5. The number of nitrogens with one attached hydrogen (secondary N) is 1. The highest BCUT2D eigenvalue weighted by Crippen LogP contribution is 2.26. The van der Waals surface area contributed by atoms with Gasteiger partial charge in [0.05, 0.1) is 17.9 Å². The van der Waals surface area contributed by atoms with Crippen molar-refractivity contribution in [3.63, 3.8) is 0 Å². The molecular formula is C21H22N4O2. The standard InChI is InChI=1S/C21H22N4O2/c1-4-27-19-6-5-15(12-17(19)20(22)26)18-7-8-23-21(25-18)24-16-10-13(2)9-14(3)11-16/h5-12H,4H2,1-3H3,(H2,22,26)(H,23,24,25). The van der Waals surface area contributed by atoms with Crippen LogP contribution in [0.5, 0.6) is 5.75 Å². The van der Waals surface area contributed by atoms with Gasteiger partial charge in [-0.15, -0.1) is 0 Å². The van der Waals surface area contributed by atoms with Crippen LogP contribution in [-0.2, 0) is 0 Å². The minimum atomic E-state index is -0.539. The summed E-state index contributed by atoms with van der Waals surface area (Å²) >= 11 is 0.